The van der Waals surface area contributed by atoms with E-state index in [0.717, 1.165) is 17.9 Å². The normalized spacial score (nSPS) is 18.2. The van der Waals surface area contributed by atoms with Gasteiger partial charge in [-0.15, -0.1) is 0 Å². The van der Waals surface area contributed by atoms with Crippen LogP contribution < -0.4 is 4.90 Å². The highest BCUT2D eigenvalue weighted by molar-refractivity contribution is 6.77. The van der Waals surface area contributed by atoms with Crippen molar-refractivity contribution in [1.29, 1.82) is 0 Å². The van der Waals surface area contributed by atoms with E-state index in [-0.39, 0.29) is 5.41 Å². The van der Waals surface area contributed by atoms with E-state index in [1.54, 1.807) is 0 Å². The minimum Gasteiger partial charge on any atom is -0.344 e. The fourth-order valence-corrected chi connectivity index (χ4v) is 3.71. The van der Waals surface area contributed by atoms with Crippen molar-refractivity contribution in [3.8, 4) is 0 Å². The first-order chi connectivity index (χ1) is 11.2. The minimum atomic E-state index is -1.95. The van der Waals surface area contributed by atoms with Gasteiger partial charge in [-0.25, -0.2) is 0 Å². The molecular weight excluding hydrogens is 365 g/mol. The number of anilines is 1. The third-order valence-electron chi connectivity index (χ3n) is 4.62. The van der Waals surface area contributed by atoms with Gasteiger partial charge in [0.05, 0.1) is 0 Å². The summed E-state index contributed by atoms with van der Waals surface area (Å²) in [7, 11) is 0. The number of hydrogen-bond acceptors (Lipinski definition) is 2. The summed E-state index contributed by atoms with van der Waals surface area (Å²) in [6.45, 7) is 6.98. The zero-order chi connectivity index (χ0) is 17.7. The fraction of sp³-hybridized carbons (Fsp3) is 0.316. The summed E-state index contributed by atoms with van der Waals surface area (Å²) in [5.41, 5.74) is 2.79. The molecule has 2 aromatic rings. The van der Waals surface area contributed by atoms with E-state index in [4.69, 9.17) is 34.8 Å². The summed E-state index contributed by atoms with van der Waals surface area (Å²) < 4.78 is -1.95. The molecule has 0 unspecified atom stereocenters. The predicted molar refractivity (Wildman–Crippen MR) is 103 cm³/mol. The van der Waals surface area contributed by atoms with E-state index in [9.17, 15) is 4.79 Å². The zero-order valence-corrected chi connectivity index (χ0v) is 16.0. The van der Waals surface area contributed by atoms with E-state index in [1.165, 1.54) is 22.4 Å². The van der Waals surface area contributed by atoms with E-state index in [1.807, 2.05) is 19.1 Å². The van der Waals surface area contributed by atoms with Crippen LogP contribution >= 0.6 is 34.8 Å². The number of rotatable bonds is 2. The van der Waals surface area contributed by atoms with Crippen LogP contribution in [0.3, 0.4) is 0 Å². The Kier molecular flexibility index (Phi) is 4.36. The van der Waals surface area contributed by atoms with Gasteiger partial charge in [0.2, 0.25) is 5.78 Å². The van der Waals surface area contributed by atoms with E-state index >= 15 is 0 Å². The Balaban J connectivity index is 2.26. The summed E-state index contributed by atoms with van der Waals surface area (Å²) in [5, 5.41) is 2.36. The lowest BCUT2D eigenvalue weighted by Gasteiger charge is -2.26. The molecule has 0 N–H and O–H groups in total. The first kappa shape index (κ1) is 17.6. The quantitative estimate of drug-likeness (QED) is 0.484. The van der Waals surface area contributed by atoms with Crippen molar-refractivity contribution in [1.82, 2.24) is 0 Å². The van der Waals surface area contributed by atoms with Crippen LogP contribution in [0.25, 0.3) is 10.8 Å². The molecule has 0 saturated heterocycles. The van der Waals surface area contributed by atoms with Crippen LogP contribution in [0.4, 0.5) is 5.69 Å². The Hall–Kier alpha value is -1.22. The van der Waals surface area contributed by atoms with Crippen molar-refractivity contribution in [2.75, 3.05) is 11.4 Å². The Morgan fingerprint density at radius 2 is 1.83 bits per heavy atom. The molecule has 0 saturated carbocycles. The van der Waals surface area contributed by atoms with Gasteiger partial charge in [0.25, 0.3) is 3.79 Å². The van der Waals surface area contributed by atoms with Crippen molar-refractivity contribution in [2.24, 2.45) is 0 Å². The van der Waals surface area contributed by atoms with E-state index < -0.39 is 9.58 Å². The molecule has 0 atom stereocenters. The topological polar surface area (TPSA) is 20.3 Å². The molecule has 126 valence electrons. The number of ketones is 1. The van der Waals surface area contributed by atoms with Crippen molar-refractivity contribution in [3.63, 3.8) is 0 Å². The van der Waals surface area contributed by atoms with Crippen LogP contribution in [-0.2, 0) is 10.2 Å². The molecule has 2 nitrogen and oxygen atoms in total. The van der Waals surface area contributed by atoms with Gasteiger partial charge < -0.3 is 4.90 Å². The maximum atomic E-state index is 12.3. The minimum absolute atomic E-state index is 0.363. The molecule has 1 aliphatic heterocycles. The number of allylic oxidation sites excluding steroid dienone is 2. The number of halogens is 3. The fourth-order valence-electron chi connectivity index (χ4n) is 3.54. The van der Waals surface area contributed by atoms with E-state index in [0.29, 0.717) is 0 Å². The number of carbonyl (C=O) groups is 1. The lowest BCUT2D eigenvalue weighted by molar-refractivity contribution is -0.113. The molecule has 0 fully saturated rings. The van der Waals surface area contributed by atoms with Gasteiger partial charge in [-0.3, -0.25) is 4.79 Å². The Morgan fingerprint density at radius 3 is 2.46 bits per heavy atom. The molecule has 1 heterocycles. The maximum Gasteiger partial charge on any atom is 0.252 e. The molecule has 0 aliphatic carbocycles. The Labute approximate surface area is 157 Å². The molecule has 24 heavy (non-hydrogen) atoms. The standard InChI is InChI=1S/C19H18Cl3NO/c1-4-23-14-10-9-12-7-5-6-8-13(12)17(14)18(2,3)15(23)11-16(24)19(20,21)22/h5-11H,4H2,1-3H3/b15-11-. The smallest absolute Gasteiger partial charge is 0.252 e. The van der Waals surface area contributed by atoms with Crippen LogP contribution in [0.2, 0.25) is 0 Å². The first-order valence-electron chi connectivity index (χ1n) is 7.81. The lowest BCUT2D eigenvalue weighted by Crippen LogP contribution is -2.29. The second-order valence-corrected chi connectivity index (χ2v) is 8.72. The Morgan fingerprint density at radius 1 is 1.17 bits per heavy atom. The summed E-state index contributed by atoms with van der Waals surface area (Å²) in [4.78, 5) is 14.4. The summed E-state index contributed by atoms with van der Waals surface area (Å²) in [6, 6.07) is 12.5. The largest absolute Gasteiger partial charge is 0.344 e. The predicted octanol–water partition coefficient (Wildman–Crippen LogP) is 5.78. The van der Waals surface area contributed by atoms with Crippen LogP contribution in [0.1, 0.15) is 26.3 Å². The van der Waals surface area contributed by atoms with Gasteiger partial charge in [0.1, 0.15) is 0 Å². The summed E-state index contributed by atoms with van der Waals surface area (Å²) in [5.74, 6) is -0.522. The van der Waals surface area contributed by atoms with Crippen molar-refractivity contribution >= 4 is 57.0 Å². The number of alkyl halides is 3. The second-order valence-electron chi connectivity index (χ2n) is 6.44. The highest BCUT2D eigenvalue weighted by atomic mass is 35.6. The average molecular weight is 383 g/mol. The van der Waals surface area contributed by atoms with Crippen LogP contribution in [0.5, 0.6) is 0 Å². The molecule has 5 heteroatoms. The zero-order valence-electron chi connectivity index (χ0n) is 13.7. The van der Waals surface area contributed by atoms with Crippen molar-refractivity contribution in [2.45, 2.75) is 30.0 Å². The number of nitrogens with zero attached hydrogens (tertiary/aromatic N) is 1. The van der Waals surface area contributed by atoms with Gasteiger partial charge in [-0.05, 0) is 29.3 Å². The molecule has 0 spiro atoms. The maximum absolute atomic E-state index is 12.3. The monoisotopic (exact) mass is 381 g/mol. The second kappa shape index (κ2) is 5.94. The molecule has 0 radical (unpaired) electrons. The molecule has 1 aliphatic rings. The molecule has 2 aromatic carbocycles. The number of fused-ring (bicyclic) bond motifs is 3. The third-order valence-corrected chi connectivity index (χ3v) is 5.18. The molecule has 0 amide bonds. The molecular formula is C19H18Cl3NO. The SMILES string of the molecule is CCN1/C(=C\C(=O)C(Cl)(Cl)Cl)C(C)(C)c2c1ccc1ccccc21. The van der Waals surface area contributed by atoms with Crippen molar-refractivity contribution in [3.05, 3.63) is 53.7 Å². The van der Waals surface area contributed by atoms with Gasteiger partial charge in [0.15, 0.2) is 0 Å². The number of likely N-dealkylation sites (N-methyl/N-ethyl adjacent to an activating group) is 1. The number of carbonyl (C=O) groups excluding carboxylic acids is 1. The van der Waals surface area contributed by atoms with E-state index in [2.05, 4.69) is 43.0 Å². The molecule has 3 rings (SSSR count). The lowest BCUT2D eigenvalue weighted by atomic mass is 9.81. The highest BCUT2D eigenvalue weighted by Gasteiger charge is 2.42. The number of benzene rings is 2. The van der Waals surface area contributed by atoms with Gasteiger partial charge in [-0.1, -0.05) is 79.0 Å². The first-order valence-corrected chi connectivity index (χ1v) is 8.94. The highest BCUT2D eigenvalue weighted by Crippen LogP contribution is 2.50. The van der Waals surface area contributed by atoms with Crippen LogP contribution in [0.15, 0.2) is 48.2 Å². The summed E-state index contributed by atoms with van der Waals surface area (Å²) in [6.07, 6.45) is 1.48. The van der Waals surface area contributed by atoms with Crippen LogP contribution in [0, 0.1) is 0 Å². The van der Waals surface area contributed by atoms with Gasteiger partial charge in [-0.2, -0.15) is 0 Å². The van der Waals surface area contributed by atoms with Crippen LogP contribution in [-0.4, -0.2) is 16.1 Å². The van der Waals surface area contributed by atoms with Crippen molar-refractivity contribution < 1.29 is 4.79 Å². The summed E-state index contributed by atoms with van der Waals surface area (Å²) >= 11 is 17.3. The molecule has 0 bridgehead atoms. The molecule has 0 aromatic heterocycles. The Bertz CT molecular complexity index is 849. The van der Waals surface area contributed by atoms with Gasteiger partial charge in [0, 0.05) is 29.4 Å². The average Bonchev–Trinajstić information content (AvgIpc) is 2.74. The number of hydrogen-bond donors (Lipinski definition) is 0. The third kappa shape index (κ3) is 2.71. The van der Waals surface area contributed by atoms with Gasteiger partial charge >= 0.3 is 0 Å².